The Labute approximate surface area is 168 Å². The van der Waals surface area contributed by atoms with Gasteiger partial charge in [0.05, 0.1) is 0 Å². The first kappa shape index (κ1) is 19.7. The Morgan fingerprint density at radius 1 is 0.667 bits per heavy atom. The molecule has 0 aliphatic carbocycles. The Balaban J connectivity index is 1.77. The lowest BCUT2D eigenvalue weighted by Gasteiger charge is -2.23. The second-order valence-corrected chi connectivity index (χ2v) is 7.91. The molecule has 140 valence electrons. The Morgan fingerprint density at radius 3 is 1.78 bits per heavy atom. The Bertz CT molecular complexity index is 780. The molecular formula is C25H29NS. The van der Waals surface area contributed by atoms with E-state index >= 15 is 0 Å². The molecule has 0 aromatic heterocycles. The minimum Gasteiger partial charge on any atom is -0.304 e. The molecule has 1 unspecified atom stereocenters. The van der Waals surface area contributed by atoms with Crippen LogP contribution in [0.4, 0.5) is 0 Å². The molecule has 0 amide bonds. The van der Waals surface area contributed by atoms with Gasteiger partial charge in [-0.05, 0) is 61.4 Å². The summed E-state index contributed by atoms with van der Waals surface area (Å²) in [5.74, 6) is 0.447. The fraction of sp³-hybridized carbons (Fsp3) is 0.280. The molecular weight excluding hydrogens is 346 g/mol. The van der Waals surface area contributed by atoms with Crippen molar-refractivity contribution < 1.29 is 0 Å². The van der Waals surface area contributed by atoms with Crippen molar-refractivity contribution in [3.05, 3.63) is 96.1 Å². The largest absolute Gasteiger partial charge is 0.304 e. The van der Waals surface area contributed by atoms with E-state index in [0.29, 0.717) is 5.92 Å². The van der Waals surface area contributed by atoms with Crippen LogP contribution in [-0.4, -0.2) is 24.5 Å². The van der Waals surface area contributed by atoms with Crippen LogP contribution in [0.15, 0.2) is 94.7 Å². The molecule has 0 fully saturated rings. The SMILES string of the molecule is CCN(CC)CCC(c1ccccc1)c1ccc(Sc2ccccc2)cc1. The molecule has 3 aromatic carbocycles. The summed E-state index contributed by atoms with van der Waals surface area (Å²) in [6, 6.07) is 30.7. The molecule has 0 saturated carbocycles. The van der Waals surface area contributed by atoms with Crippen LogP contribution in [0.3, 0.4) is 0 Å². The van der Waals surface area contributed by atoms with E-state index in [4.69, 9.17) is 0 Å². The van der Waals surface area contributed by atoms with E-state index in [1.54, 1.807) is 0 Å². The zero-order valence-electron chi connectivity index (χ0n) is 16.3. The highest BCUT2D eigenvalue weighted by Crippen LogP contribution is 2.32. The highest BCUT2D eigenvalue weighted by molar-refractivity contribution is 7.99. The lowest BCUT2D eigenvalue weighted by Crippen LogP contribution is -2.25. The minimum absolute atomic E-state index is 0.447. The molecule has 0 bridgehead atoms. The van der Waals surface area contributed by atoms with Gasteiger partial charge in [-0.25, -0.2) is 0 Å². The topological polar surface area (TPSA) is 3.24 Å². The summed E-state index contributed by atoms with van der Waals surface area (Å²) < 4.78 is 0. The number of benzene rings is 3. The molecule has 0 heterocycles. The van der Waals surface area contributed by atoms with Gasteiger partial charge in [-0.3, -0.25) is 0 Å². The summed E-state index contributed by atoms with van der Waals surface area (Å²) in [5.41, 5.74) is 2.82. The summed E-state index contributed by atoms with van der Waals surface area (Å²) >= 11 is 1.82. The molecule has 3 rings (SSSR count). The maximum atomic E-state index is 2.51. The molecule has 0 spiro atoms. The van der Waals surface area contributed by atoms with E-state index in [2.05, 4.69) is 104 Å². The molecule has 1 nitrogen and oxygen atoms in total. The third-order valence-electron chi connectivity index (χ3n) is 5.09. The van der Waals surface area contributed by atoms with Crippen molar-refractivity contribution in [3.63, 3.8) is 0 Å². The summed E-state index contributed by atoms with van der Waals surface area (Å²) in [7, 11) is 0. The first-order chi connectivity index (χ1) is 13.3. The maximum absolute atomic E-state index is 2.51. The fourth-order valence-electron chi connectivity index (χ4n) is 3.46. The van der Waals surface area contributed by atoms with Gasteiger partial charge in [0, 0.05) is 15.7 Å². The van der Waals surface area contributed by atoms with Crippen LogP contribution in [0.5, 0.6) is 0 Å². The summed E-state index contributed by atoms with van der Waals surface area (Å²) in [4.78, 5) is 5.09. The monoisotopic (exact) mass is 375 g/mol. The Morgan fingerprint density at radius 2 is 1.19 bits per heavy atom. The van der Waals surface area contributed by atoms with Gasteiger partial charge in [-0.2, -0.15) is 0 Å². The zero-order chi connectivity index (χ0) is 18.9. The van der Waals surface area contributed by atoms with Crippen LogP contribution in [0.2, 0.25) is 0 Å². The standard InChI is InChI=1S/C25H29NS/c1-3-26(4-2)20-19-25(21-11-7-5-8-12-21)22-15-17-24(18-16-22)27-23-13-9-6-10-14-23/h5-18,25H,3-4,19-20H2,1-2H3. The first-order valence-electron chi connectivity index (χ1n) is 9.90. The number of nitrogens with zero attached hydrogens (tertiary/aromatic N) is 1. The molecule has 0 saturated heterocycles. The van der Waals surface area contributed by atoms with Crippen LogP contribution in [0.1, 0.15) is 37.3 Å². The molecule has 0 N–H and O–H groups in total. The van der Waals surface area contributed by atoms with Crippen molar-refractivity contribution in [2.24, 2.45) is 0 Å². The van der Waals surface area contributed by atoms with Gasteiger partial charge in [0.2, 0.25) is 0 Å². The fourth-order valence-corrected chi connectivity index (χ4v) is 4.29. The van der Waals surface area contributed by atoms with Crippen LogP contribution < -0.4 is 0 Å². The molecule has 0 aliphatic rings. The predicted octanol–water partition coefficient (Wildman–Crippen LogP) is 6.70. The van der Waals surface area contributed by atoms with E-state index in [-0.39, 0.29) is 0 Å². The highest BCUT2D eigenvalue weighted by Gasteiger charge is 2.15. The number of hydrogen-bond acceptors (Lipinski definition) is 2. The van der Waals surface area contributed by atoms with E-state index in [1.165, 1.54) is 20.9 Å². The number of hydrogen-bond donors (Lipinski definition) is 0. The van der Waals surface area contributed by atoms with Crippen molar-refractivity contribution in [2.45, 2.75) is 36.0 Å². The van der Waals surface area contributed by atoms with Crippen LogP contribution in [0.25, 0.3) is 0 Å². The third-order valence-corrected chi connectivity index (χ3v) is 6.11. The normalized spacial score (nSPS) is 12.3. The van der Waals surface area contributed by atoms with Crippen molar-refractivity contribution in [2.75, 3.05) is 19.6 Å². The Hall–Kier alpha value is -2.03. The Kier molecular flexibility index (Phi) is 7.55. The molecule has 2 heteroatoms. The smallest absolute Gasteiger partial charge is 0.0122 e. The van der Waals surface area contributed by atoms with E-state index in [0.717, 1.165) is 26.1 Å². The third kappa shape index (κ3) is 5.72. The van der Waals surface area contributed by atoms with Crippen LogP contribution in [-0.2, 0) is 0 Å². The van der Waals surface area contributed by atoms with E-state index < -0.39 is 0 Å². The minimum atomic E-state index is 0.447. The van der Waals surface area contributed by atoms with Gasteiger partial charge >= 0.3 is 0 Å². The summed E-state index contributed by atoms with van der Waals surface area (Å²) in [5, 5.41) is 0. The van der Waals surface area contributed by atoms with Crippen molar-refractivity contribution in [1.82, 2.24) is 4.90 Å². The molecule has 0 aliphatic heterocycles. The van der Waals surface area contributed by atoms with Gasteiger partial charge in [-0.1, -0.05) is 86.3 Å². The molecule has 1 atom stereocenters. The van der Waals surface area contributed by atoms with E-state index in [1.807, 2.05) is 11.8 Å². The first-order valence-corrected chi connectivity index (χ1v) is 10.7. The summed E-state index contributed by atoms with van der Waals surface area (Å²) in [6.07, 6.45) is 1.15. The zero-order valence-corrected chi connectivity index (χ0v) is 17.2. The number of rotatable bonds is 9. The lowest BCUT2D eigenvalue weighted by molar-refractivity contribution is 0.294. The van der Waals surface area contributed by atoms with Crippen LogP contribution >= 0.6 is 11.8 Å². The second-order valence-electron chi connectivity index (χ2n) is 6.76. The average molecular weight is 376 g/mol. The summed E-state index contributed by atoms with van der Waals surface area (Å²) in [6.45, 7) is 7.86. The predicted molar refractivity (Wildman–Crippen MR) is 118 cm³/mol. The second kappa shape index (κ2) is 10.3. The lowest BCUT2D eigenvalue weighted by atomic mass is 9.88. The van der Waals surface area contributed by atoms with Gasteiger partial charge < -0.3 is 4.90 Å². The molecule has 3 aromatic rings. The van der Waals surface area contributed by atoms with Crippen molar-refractivity contribution in [3.8, 4) is 0 Å². The van der Waals surface area contributed by atoms with Crippen molar-refractivity contribution >= 4 is 11.8 Å². The molecule has 27 heavy (non-hydrogen) atoms. The highest BCUT2D eigenvalue weighted by atomic mass is 32.2. The van der Waals surface area contributed by atoms with Gasteiger partial charge in [0.25, 0.3) is 0 Å². The average Bonchev–Trinajstić information content (AvgIpc) is 2.74. The van der Waals surface area contributed by atoms with Crippen molar-refractivity contribution in [1.29, 1.82) is 0 Å². The van der Waals surface area contributed by atoms with E-state index in [9.17, 15) is 0 Å². The van der Waals surface area contributed by atoms with Crippen LogP contribution in [0, 0.1) is 0 Å². The molecule has 0 radical (unpaired) electrons. The van der Waals surface area contributed by atoms with Gasteiger partial charge in [-0.15, -0.1) is 0 Å². The quantitative estimate of drug-likeness (QED) is 0.409. The van der Waals surface area contributed by atoms with Gasteiger partial charge in [0.15, 0.2) is 0 Å². The maximum Gasteiger partial charge on any atom is 0.0122 e. The van der Waals surface area contributed by atoms with Gasteiger partial charge in [0.1, 0.15) is 0 Å².